The Hall–Kier alpha value is -0.870. The van der Waals surface area contributed by atoms with E-state index in [1.807, 2.05) is 0 Å². The number of carboxylic acids is 1. The van der Waals surface area contributed by atoms with E-state index in [4.69, 9.17) is 14.9 Å². The Morgan fingerprint density at radius 1 is 1.67 bits per heavy atom. The van der Waals surface area contributed by atoms with Gasteiger partial charge in [-0.05, 0) is 6.92 Å². The Labute approximate surface area is 70.5 Å². The minimum atomic E-state index is -0.982. The second-order valence-electron chi connectivity index (χ2n) is 2.84. The van der Waals surface area contributed by atoms with Crippen molar-refractivity contribution in [3.8, 4) is 0 Å². The second kappa shape index (κ2) is 3.69. The third-order valence-electron chi connectivity index (χ3n) is 1.75. The number of ether oxygens (including phenoxy) is 1. The number of aliphatic carboxylic acids is 1. The van der Waals surface area contributed by atoms with Gasteiger partial charge in [0.25, 0.3) is 0 Å². The zero-order valence-electron chi connectivity index (χ0n) is 6.80. The van der Waals surface area contributed by atoms with Crippen LogP contribution in [0.4, 0.5) is 0 Å². The SMILES string of the molecule is CC(O[C@@H]1C=C[C@H](O)C1)C(=O)O. The van der Waals surface area contributed by atoms with Crippen molar-refractivity contribution in [2.45, 2.75) is 31.7 Å². The van der Waals surface area contributed by atoms with Gasteiger partial charge in [-0.15, -0.1) is 0 Å². The quantitative estimate of drug-likeness (QED) is 0.595. The van der Waals surface area contributed by atoms with Gasteiger partial charge < -0.3 is 14.9 Å². The van der Waals surface area contributed by atoms with Crippen LogP contribution in [0.3, 0.4) is 0 Å². The summed E-state index contributed by atoms with van der Waals surface area (Å²) < 4.78 is 5.10. The molecule has 12 heavy (non-hydrogen) atoms. The molecule has 2 N–H and O–H groups in total. The van der Waals surface area contributed by atoms with E-state index in [1.165, 1.54) is 6.92 Å². The maximum absolute atomic E-state index is 10.4. The summed E-state index contributed by atoms with van der Waals surface area (Å²) >= 11 is 0. The van der Waals surface area contributed by atoms with Crippen molar-refractivity contribution in [2.75, 3.05) is 0 Å². The number of rotatable bonds is 3. The summed E-state index contributed by atoms with van der Waals surface area (Å²) in [7, 11) is 0. The first kappa shape index (κ1) is 9.22. The van der Waals surface area contributed by atoms with Crippen LogP contribution in [0.1, 0.15) is 13.3 Å². The van der Waals surface area contributed by atoms with Crippen LogP contribution in [0.2, 0.25) is 0 Å². The monoisotopic (exact) mass is 172 g/mol. The van der Waals surface area contributed by atoms with E-state index in [-0.39, 0.29) is 6.10 Å². The molecular weight excluding hydrogens is 160 g/mol. The van der Waals surface area contributed by atoms with E-state index in [0.29, 0.717) is 6.42 Å². The molecule has 0 aromatic heterocycles. The fourth-order valence-electron chi connectivity index (χ4n) is 1.07. The molecule has 0 bridgehead atoms. The van der Waals surface area contributed by atoms with Gasteiger partial charge in [-0.1, -0.05) is 12.2 Å². The molecule has 1 rings (SSSR count). The molecule has 0 aliphatic heterocycles. The number of aliphatic hydroxyl groups excluding tert-OH is 1. The third kappa shape index (κ3) is 2.32. The molecule has 3 atom stereocenters. The molecule has 0 saturated heterocycles. The van der Waals surface area contributed by atoms with E-state index >= 15 is 0 Å². The van der Waals surface area contributed by atoms with Crippen LogP contribution < -0.4 is 0 Å². The lowest BCUT2D eigenvalue weighted by Gasteiger charge is -2.13. The Balaban J connectivity index is 2.33. The van der Waals surface area contributed by atoms with Crippen LogP contribution in [0.25, 0.3) is 0 Å². The molecule has 0 spiro atoms. The van der Waals surface area contributed by atoms with Gasteiger partial charge in [0.05, 0.1) is 12.2 Å². The average molecular weight is 172 g/mol. The lowest BCUT2D eigenvalue weighted by atomic mass is 10.3. The van der Waals surface area contributed by atoms with Crippen LogP contribution in [0.5, 0.6) is 0 Å². The molecule has 1 aliphatic carbocycles. The molecule has 0 aromatic rings. The molecule has 0 heterocycles. The first-order valence-corrected chi connectivity index (χ1v) is 3.84. The Morgan fingerprint density at radius 2 is 2.33 bits per heavy atom. The zero-order valence-corrected chi connectivity index (χ0v) is 6.80. The summed E-state index contributed by atoms with van der Waals surface area (Å²) in [4.78, 5) is 10.4. The van der Waals surface area contributed by atoms with E-state index in [0.717, 1.165) is 0 Å². The van der Waals surface area contributed by atoms with E-state index in [1.54, 1.807) is 12.2 Å². The van der Waals surface area contributed by atoms with Crippen molar-refractivity contribution in [3.05, 3.63) is 12.2 Å². The number of hydrogen-bond donors (Lipinski definition) is 2. The Morgan fingerprint density at radius 3 is 2.75 bits per heavy atom. The van der Waals surface area contributed by atoms with Gasteiger partial charge in [0.15, 0.2) is 6.10 Å². The second-order valence-corrected chi connectivity index (χ2v) is 2.84. The van der Waals surface area contributed by atoms with Gasteiger partial charge in [0, 0.05) is 6.42 Å². The van der Waals surface area contributed by atoms with Gasteiger partial charge in [-0.3, -0.25) is 0 Å². The normalized spacial score (nSPS) is 30.5. The van der Waals surface area contributed by atoms with E-state index in [9.17, 15) is 4.79 Å². The number of aliphatic hydroxyl groups is 1. The molecule has 68 valence electrons. The lowest BCUT2D eigenvalue weighted by molar-refractivity contribution is -0.151. The molecule has 1 aliphatic rings. The van der Waals surface area contributed by atoms with Crippen LogP contribution in [0, 0.1) is 0 Å². The smallest absolute Gasteiger partial charge is 0.332 e. The van der Waals surface area contributed by atoms with Crippen LogP contribution in [0.15, 0.2) is 12.2 Å². The molecule has 0 amide bonds. The maximum atomic E-state index is 10.4. The maximum Gasteiger partial charge on any atom is 0.332 e. The third-order valence-corrected chi connectivity index (χ3v) is 1.75. The minimum absolute atomic E-state index is 0.258. The summed E-state index contributed by atoms with van der Waals surface area (Å²) in [5.41, 5.74) is 0. The van der Waals surface area contributed by atoms with Crippen LogP contribution in [-0.4, -0.2) is 34.5 Å². The topological polar surface area (TPSA) is 66.8 Å². The van der Waals surface area contributed by atoms with Gasteiger partial charge in [-0.25, -0.2) is 4.79 Å². The highest BCUT2D eigenvalue weighted by Crippen LogP contribution is 2.15. The highest BCUT2D eigenvalue weighted by atomic mass is 16.5. The van der Waals surface area contributed by atoms with Crippen molar-refractivity contribution >= 4 is 5.97 Å². The van der Waals surface area contributed by atoms with Crippen molar-refractivity contribution in [3.63, 3.8) is 0 Å². The van der Waals surface area contributed by atoms with Crippen molar-refractivity contribution in [2.24, 2.45) is 0 Å². The number of hydrogen-bond acceptors (Lipinski definition) is 3. The zero-order chi connectivity index (χ0) is 9.14. The van der Waals surface area contributed by atoms with Gasteiger partial charge >= 0.3 is 5.97 Å². The predicted molar refractivity (Wildman–Crippen MR) is 41.7 cm³/mol. The summed E-state index contributed by atoms with van der Waals surface area (Å²) in [6.45, 7) is 1.47. The van der Waals surface area contributed by atoms with Crippen molar-refractivity contribution < 1.29 is 19.7 Å². The van der Waals surface area contributed by atoms with Gasteiger partial charge in [0.2, 0.25) is 0 Å². The molecule has 4 nitrogen and oxygen atoms in total. The molecule has 4 heteroatoms. The summed E-state index contributed by atoms with van der Waals surface area (Å²) in [5, 5.41) is 17.5. The highest BCUT2D eigenvalue weighted by Gasteiger charge is 2.21. The molecule has 0 radical (unpaired) electrons. The van der Waals surface area contributed by atoms with Crippen LogP contribution >= 0.6 is 0 Å². The first-order valence-electron chi connectivity index (χ1n) is 3.84. The molecule has 1 unspecified atom stereocenters. The number of carboxylic acid groups (broad SMARTS) is 1. The fourth-order valence-corrected chi connectivity index (χ4v) is 1.07. The lowest BCUT2D eigenvalue weighted by Crippen LogP contribution is -2.25. The summed E-state index contributed by atoms with van der Waals surface area (Å²) in [5.74, 6) is -0.982. The predicted octanol–water partition coefficient (Wildman–Crippen LogP) is 0.165. The van der Waals surface area contributed by atoms with Crippen molar-refractivity contribution in [1.82, 2.24) is 0 Å². The standard InChI is InChI=1S/C8H12O4/c1-5(8(10)11)12-7-3-2-6(9)4-7/h2-3,5-7,9H,4H2,1H3,(H,10,11)/t5?,6-,7+/m0/s1. The molecule has 0 fully saturated rings. The molecule has 0 aromatic carbocycles. The Kier molecular flexibility index (Phi) is 2.83. The largest absolute Gasteiger partial charge is 0.479 e. The minimum Gasteiger partial charge on any atom is -0.479 e. The average Bonchev–Trinajstić information content (AvgIpc) is 2.35. The highest BCUT2D eigenvalue weighted by molar-refractivity contribution is 5.71. The molecular formula is C8H12O4. The van der Waals surface area contributed by atoms with E-state index in [2.05, 4.69) is 0 Å². The summed E-state index contributed by atoms with van der Waals surface area (Å²) in [6.07, 6.45) is 2.19. The molecule has 0 saturated carbocycles. The first-order chi connectivity index (χ1) is 5.59. The van der Waals surface area contributed by atoms with Gasteiger partial charge in [-0.2, -0.15) is 0 Å². The fraction of sp³-hybridized carbons (Fsp3) is 0.625. The summed E-state index contributed by atoms with van der Waals surface area (Å²) in [6, 6.07) is 0. The number of carbonyl (C=O) groups is 1. The van der Waals surface area contributed by atoms with E-state index < -0.39 is 18.2 Å². The van der Waals surface area contributed by atoms with Crippen LogP contribution in [-0.2, 0) is 9.53 Å². The van der Waals surface area contributed by atoms with Crippen molar-refractivity contribution in [1.29, 1.82) is 0 Å². The Bertz CT molecular complexity index is 199. The van der Waals surface area contributed by atoms with Gasteiger partial charge in [0.1, 0.15) is 0 Å².